The third-order valence-electron chi connectivity index (χ3n) is 3.45. The highest BCUT2D eigenvalue weighted by Crippen LogP contribution is 2.21. The maximum atomic E-state index is 10.2. The lowest BCUT2D eigenvalue weighted by Gasteiger charge is -2.32. The first kappa shape index (κ1) is 13.3. The molecule has 2 unspecified atom stereocenters. The number of aliphatic hydroxyl groups is 1. The molecule has 4 heteroatoms. The SMILES string of the molecule is COc1cccc(C(O)CN2CCCC(N)C2)c1. The van der Waals surface area contributed by atoms with Crippen LogP contribution in [0.4, 0.5) is 0 Å². The summed E-state index contributed by atoms with van der Waals surface area (Å²) in [7, 11) is 1.63. The number of aliphatic hydroxyl groups excluding tert-OH is 1. The Kier molecular flexibility index (Phi) is 4.58. The first-order valence-corrected chi connectivity index (χ1v) is 6.49. The molecule has 2 rings (SSSR count). The van der Waals surface area contributed by atoms with E-state index in [1.807, 2.05) is 24.3 Å². The number of ether oxygens (including phenoxy) is 1. The summed E-state index contributed by atoms with van der Waals surface area (Å²) < 4.78 is 5.17. The van der Waals surface area contributed by atoms with E-state index in [1.165, 1.54) is 0 Å². The van der Waals surface area contributed by atoms with Gasteiger partial charge in [-0.25, -0.2) is 0 Å². The van der Waals surface area contributed by atoms with Crippen LogP contribution in [0.5, 0.6) is 5.75 Å². The number of methoxy groups -OCH3 is 1. The summed E-state index contributed by atoms with van der Waals surface area (Å²) in [6, 6.07) is 7.84. The van der Waals surface area contributed by atoms with Crippen LogP contribution in [0.2, 0.25) is 0 Å². The highest BCUT2D eigenvalue weighted by atomic mass is 16.5. The number of hydrogen-bond donors (Lipinski definition) is 2. The number of benzene rings is 1. The van der Waals surface area contributed by atoms with E-state index in [0.717, 1.165) is 37.2 Å². The quantitative estimate of drug-likeness (QED) is 0.841. The number of piperidine rings is 1. The van der Waals surface area contributed by atoms with E-state index in [1.54, 1.807) is 7.11 Å². The van der Waals surface area contributed by atoms with Gasteiger partial charge in [0.25, 0.3) is 0 Å². The van der Waals surface area contributed by atoms with Gasteiger partial charge in [-0.3, -0.25) is 4.90 Å². The van der Waals surface area contributed by atoms with Crippen molar-refractivity contribution in [3.05, 3.63) is 29.8 Å². The number of hydrogen-bond acceptors (Lipinski definition) is 4. The molecule has 1 aromatic carbocycles. The van der Waals surface area contributed by atoms with Crippen molar-refractivity contribution in [2.45, 2.75) is 25.0 Å². The van der Waals surface area contributed by atoms with Crippen molar-refractivity contribution in [1.82, 2.24) is 4.90 Å². The molecule has 0 radical (unpaired) electrons. The second-order valence-corrected chi connectivity index (χ2v) is 4.95. The van der Waals surface area contributed by atoms with Crippen LogP contribution in [0.3, 0.4) is 0 Å². The van der Waals surface area contributed by atoms with E-state index in [2.05, 4.69) is 4.90 Å². The van der Waals surface area contributed by atoms with E-state index in [4.69, 9.17) is 10.5 Å². The summed E-state index contributed by atoms with van der Waals surface area (Å²) in [5.41, 5.74) is 6.84. The molecule has 0 saturated carbocycles. The minimum Gasteiger partial charge on any atom is -0.497 e. The normalized spacial score (nSPS) is 22.7. The molecule has 0 bridgehead atoms. The molecule has 1 saturated heterocycles. The lowest BCUT2D eigenvalue weighted by molar-refractivity contribution is 0.0960. The number of nitrogens with zero attached hydrogens (tertiary/aromatic N) is 1. The van der Waals surface area contributed by atoms with Crippen LogP contribution in [-0.4, -0.2) is 42.8 Å². The molecule has 1 heterocycles. The van der Waals surface area contributed by atoms with Crippen molar-refractivity contribution in [3.63, 3.8) is 0 Å². The molecule has 3 N–H and O–H groups in total. The molecule has 0 aliphatic carbocycles. The lowest BCUT2D eigenvalue weighted by Crippen LogP contribution is -2.44. The van der Waals surface area contributed by atoms with Crippen LogP contribution in [0.25, 0.3) is 0 Å². The van der Waals surface area contributed by atoms with E-state index in [9.17, 15) is 5.11 Å². The average molecular weight is 250 g/mol. The van der Waals surface area contributed by atoms with Gasteiger partial charge in [-0.05, 0) is 37.1 Å². The summed E-state index contributed by atoms with van der Waals surface area (Å²) in [5, 5.41) is 10.2. The van der Waals surface area contributed by atoms with Gasteiger partial charge in [0, 0.05) is 19.1 Å². The number of rotatable bonds is 4. The number of β-amino-alcohol motifs (C(OH)–C–C–N with tert-alkyl or cyclic N) is 1. The summed E-state index contributed by atoms with van der Waals surface area (Å²) >= 11 is 0. The van der Waals surface area contributed by atoms with Crippen LogP contribution in [0.1, 0.15) is 24.5 Å². The molecule has 0 spiro atoms. The Labute approximate surface area is 108 Å². The van der Waals surface area contributed by atoms with Gasteiger partial charge in [-0.15, -0.1) is 0 Å². The molecule has 4 nitrogen and oxygen atoms in total. The first-order chi connectivity index (χ1) is 8.69. The molecule has 1 aromatic rings. The van der Waals surface area contributed by atoms with Gasteiger partial charge in [0.05, 0.1) is 13.2 Å². The Balaban J connectivity index is 1.95. The fraction of sp³-hybridized carbons (Fsp3) is 0.571. The fourth-order valence-electron chi connectivity index (χ4n) is 2.46. The number of likely N-dealkylation sites (tertiary alicyclic amines) is 1. The Morgan fingerprint density at radius 1 is 1.56 bits per heavy atom. The minimum absolute atomic E-state index is 0.247. The zero-order valence-corrected chi connectivity index (χ0v) is 10.9. The van der Waals surface area contributed by atoms with Crippen LogP contribution >= 0.6 is 0 Å². The molecule has 0 amide bonds. The zero-order chi connectivity index (χ0) is 13.0. The van der Waals surface area contributed by atoms with Crippen molar-refractivity contribution in [2.75, 3.05) is 26.7 Å². The van der Waals surface area contributed by atoms with Crippen molar-refractivity contribution < 1.29 is 9.84 Å². The van der Waals surface area contributed by atoms with E-state index < -0.39 is 6.10 Å². The van der Waals surface area contributed by atoms with E-state index >= 15 is 0 Å². The fourth-order valence-corrected chi connectivity index (χ4v) is 2.46. The van der Waals surface area contributed by atoms with Crippen LogP contribution < -0.4 is 10.5 Å². The Hall–Kier alpha value is -1.10. The molecular weight excluding hydrogens is 228 g/mol. The molecule has 100 valence electrons. The third kappa shape index (κ3) is 3.45. The largest absolute Gasteiger partial charge is 0.497 e. The Morgan fingerprint density at radius 2 is 2.39 bits per heavy atom. The molecule has 18 heavy (non-hydrogen) atoms. The second-order valence-electron chi connectivity index (χ2n) is 4.95. The molecular formula is C14H22N2O2. The summed E-state index contributed by atoms with van der Waals surface area (Å²) in [6.07, 6.45) is 1.72. The van der Waals surface area contributed by atoms with Crippen LogP contribution in [0, 0.1) is 0 Å². The molecule has 1 fully saturated rings. The smallest absolute Gasteiger partial charge is 0.119 e. The zero-order valence-electron chi connectivity index (χ0n) is 10.9. The van der Waals surface area contributed by atoms with Gasteiger partial charge < -0.3 is 15.6 Å². The number of nitrogens with two attached hydrogens (primary N) is 1. The summed E-state index contributed by atoms with van der Waals surface area (Å²) in [6.45, 7) is 2.54. The van der Waals surface area contributed by atoms with Gasteiger partial charge >= 0.3 is 0 Å². The van der Waals surface area contributed by atoms with Crippen molar-refractivity contribution >= 4 is 0 Å². The van der Waals surface area contributed by atoms with Gasteiger partial charge in [-0.2, -0.15) is 0 Å². The monoisotopic (exact) mass is 250 g/mol. The van der Waals surface area contributed by atoms with E-state index in [-0.39, 0.29) is 6.04 Å². The predicted molar refractivity (Wildman–Crippen MR) is 71.6 cm³/mol. The molecule has 1 aliphatic rings. The standard InChI is InChI=1S/C14H22N2O2/c1-18-13-6-2-4-11(8-13)14(17)10-16-7-3-5-12(15)9-16/h2,4,6,8,12,14,17H,3,5,7,9-10,15H2,1H3. The second kappa shape index (κ2) is 6.18. The Morgan fingerprint density at radius 3 is 3.11 bits per heavy atom. The lowest BCUT2D eigenvalue weighted by atomic mass is 10.0. The maximum Gasteiger partial charge on any atom is 0.119 e. The van der Waals surface area contributed by atoms with Crippen molar-refractivity contribution in [3.8, 4) is 5.75 Å². The third-order valence-corrected chi connectivity index (χ3v) is 3.45. The molecule has 0 aromatic heterocycles. The average Bonchev–Trinajstić information content (AvgIpc) is 2.39. The Bertz CT molecular complexity index is 384. The minimum atomic E-state index is -0.481. The topological polar surface area (TPSA) is 58.7 Å². The summed E-state index contributed by atoms with van der Waals surface area (Å²) in [5.74, 6) is 0.780. The van der Waals surface area contributed by atoms with Gasteiger partial charge in [0.15, 0.2) is 0 Å². The van der Waals surface area contributed by atoms with E-state index in [0.29, 0.717) is 6.54 Å². The predicted octanol–water partition coefficient (Wildman–Crippen LogP) is 1.15. The first-order valence-electron chi connectivity index (χ1n) is 6.49. The van der Waals surface area contributed by atoms with Gasteiger partial charge in [0.1, 0.15) is 5.75 Å². The summed E-state index contributed by atoms with van der Waals surface area (Å²) in [4.78, 5) is 2.23. The maximum absolute atomic E-state index is 10.2. The van der Waals surface area contributed by atoms with Crippen molar-refractivity contribution in [1.29, 1.82) is 0 Å². The van der Waals surface area contributed by atoms with Gasteiger partial charge in [-0.1, -0.05) is 12.1 Å². The highest BCUT2D eigenvalue weighted by Gasteiger charge is 2.20. The highest BCUT2D eigenvalue weighted by molar-refractivity contribution is 5.29. The molecule has 2 atom stereocenters. The molecule has 1 aliphatic heterocycles. The van der Waals surface area contributed by atoms with Gasteiger partial charge in [0.2, 0.25) is 0 Å². The van der Waals surface area contributed by atoms with Crippen LogP contribution in [0.15, 0.2) is 24.3 Å². The van der Waals surface area contributed by atoms with Crippen LogP contribution in [-0.2, 0) is 0 Å². The van der Waals surface area contributed by atoms with Crippen molar-refractivity contribution in [2.24, 2.45) is 5.73 Å².